The summed E-state index contributed by atoms with van der Waals surface area (Å²) in [5.74, 6) is 1.35. The van der Waals surface area contributed by atoms with Crippen LogP contribution in [0.3, 0.4) is 0 Å². The summed E-state index contributed by atoms with van der Waals surface area (Å²) in [7, 11) is 1.66. The van der Waals surface area contributed by atoms with E-state index in [-0.39, 0.29) is 17.7 Å². The first-order chi connectivity index (χ1) is 14.7. The standard InChI is InChI=1S/C23H22N2O4S/c1-24-22(26)21-20(16-4-2-3-5-19(16)30-21)15-8-9-25(13-15)23(27)14-6-7-17-18(12-14)29-11-10-28-17/h2-7,12,15H,8-11,13H2,1H3,(H,24,26)/t15-/m1/s1. The number of benzene rings is 2. The minimum absolute atomic E-state index is 0.0181. The van der Waals surface area contributed by atoms with Gasteiger partial charge in [0.2, 0.25) is 0 Å². The van der Waals surface area contributed by atoms with Gasteiger partial charge in [0.1, 0.15) is 13.2 Å². The summed E-state index contributed by atoms with van der Waals surface area (Å²) in [4.78, 5) is 28.3. The van der Waals surface area contributed by atoms with E-state index in [1.165, 1.54) is 11.3 Å². The van der Waals surface area contributed by atoms with Gasteiger partial charge in [-0.1, -0.05) is 18.2 Å². The lowest BCUT2D eigenvalue weighted by molar-refractivity contribution is 0.0789. The summed E-state index contributed by atoms with van der Waals surface area (Å²) in [6.07, 6.45) is 0.834. The second-order valence-electron chi connectivity index (χ2n) is 7.52. The summed E-state index contributed by atoms with van der Waals surface area (Å²) in [5.41, 5.74) is 1.66. The van der Waals surface area contributed by atoms with Crippen molar-refractivity contribution in [2.24, 2.45) is 0 Å². The first-order valence-corrected chi connectivity index (χ1v) is 10.9. The van der Waals surface area contributed by atoms with Crippen molar-refractivity contribution in [3.8, 4) is 11.5 Å². The fraction of sp³-hybridized carbons (Fsp3) is 0.304. The number of fused-ring (bicyclic) bond motifs is 2. The number of nitrogens with zero attached hydrogens (tertiary/aromatic N) is 1. The molecule has 0 unspecified atom stereocenters. The van der Waals surface area contributed by atoms with Crippen LogP contribution in [0.25, 0.3) is 10.1 Å². The van der Waals surface area contributed by atoms with Crippen LogP contribution in [0, 0.1) is 0 Å². The van der Waals surface area contributed by atoms with Crippen molar-refractivity contribution in [1.29, 1.82) is 0 Å². The van der Waals surface area contributed by atoms with E-state index in [9.17, 15) is 9.59 Å². The Morgan fingerprint density at radius 3 is 2.73 bits per heavy atom. The number of carbonyl (C=O) groups is 2. The maximum Gasteiger partial charge on any atom is 0.261 e. The minimum atomic E-state index is -0.0668. The Morgan fingerprint density at radius 1 is 1.10 bits per heavy atom. The molecule has 7 heteroatoms. The molecule has 1 saturated heterocycles. The molecule has 3 heterocycles. The highest BCUT2D eigenvalue weighted by molar-refractivity contribution is 7.21. The van der Waals surface area contributed by atoms with E-state index in [4.69, 9.17) is 9.47 Å². The van der Waals surface area contributed by atoms with Gasteiger partial charge < -0.3 is 19.7 Å². The van der Waals surface area contributed by atoms with Crippen molar-refractivity contribution in [2.75, 3.05) is 33.4 Å². The molecule has 0 aliphatic carbocycles. The zero-order valence-electron chi connectivity index (χ0n) is 16.6. The van der Waals surface area contributed by atoms with Crippen molar-refractivity contribution in [2.45, 2.75) is 12.3 Å². The van der Waals surface area contributed by atoms with Gasteiger partial charge in [-0.05, 0) is 41.6 Å². The predicted octanol–water partition coefficient (Wildman–Crippen LogP) is 3.66. The SMILES string of the molecule is CNC(=O)c1sc2ccccc2c1[C@@H]1CCN(C(=O)c2ccc3c(c2)OCCO3)C1. The maximum atomic E-state index is 13.1. The van der Waals surface area contributed by atoms with Crippen molar-refractivity contribution in [3.05, 3.63) is 58.5 Å². The summed E-state index contributed by atoms with van der Waals surface area (Å²) < 4.78 is 12.3. The fourth-order valence-electron chi connectivity index (χ4n) is 4.29. The largest absolute Gasteiger partial charge is 0.486 e. The third-order valence-corrected chi connectivity index (χ3v) is 6.93. The van der Waals surface area contributed by atoms with Gasteiger partial charge in [-0.25, -0.2) is 0 Å². The second-order valence-corrected chi connectivity index (χ2v) is 8.57. The Balaban J connectivity index is 1.42. The van der Waals surface area contributed by atoms with E-state index in [2.05, 4.69) is 11.4 Å². The van der Waals surface area contributed by atoms with E-state index in [1.807, 2.05) is 23.1 Å². The molecule has 1 aromatic heterocycles. The van der Waals surface area contributed by atoms with Crippen molar-refractivity contribution in [1.82, 2.24) is 10.2 Å². The van der Waals surface area contributed by atoms with Gasteiger partial charge in [0, 0.05) is 36.3 Å². The Bertz CT molecular complexity index is 1140. The maximum absolute atomic E-state index is 13.1. The highest BCUT2D eigenvalue weighted by Gasteiger charge is 2.33. The van der Waals surface area contributed by atoms with Crippen LogP contribution in [0.2, 0.25) is 0 Å². The summed E-state index contributed by atoms with van der Waals surface area (Å²) in [6.45, 7) is 2.27. The number of likely N-dealkylation sites (tertiary alicyclic amines) is 1. The van der Waals surface area contributed by atoms with Crippen LogP contribution in [0.1, 0.15) is 37.9 Å². The number of hydrogen-bond donors (Lipinski definition) is 1. The molecule has 1 fully saturated rings. The van der Waals surface area contributed by atoms with Crippen LogP contribution in [0.5, 0.6) is 11.5 Å². The molecule has 154 valence electrons. The van der Waals surface area contributed by atoms with Gasteiger partial charge in [0.15, 0.2) is 11.5 Å². The fourth-order valence-corrected chi connectivity index (χ4v) is 5.53. The van der Waals surface area contributed by atoms with Crippen LogP contribution in [-0.2, 0) is 0 Å². The predicted molar refractivity (Wildman–Crippen MR) is 116 cm³/mol. The molecule has 2 aliphatic rings. The third-order valence-electron chi connectivity index (χ3n) is 5.74. The average molecular weight is 423 g/mol. The van der Waals surface area contributed by atoms with E-state index in [0.29, 0.717) is 43.4 Å². The first kappa shape index (κ1) is 18.9. The topological polar surface area (TPSA) is 67.9 Å². The zero-order chi connectivity index (χ0) is 20.7. The Hall–Kier alpha value is -3.06. The highest BCUT2D eigenvalue weighted by Crippen LogP contribution is 2.40. The number of thiophene rings is 1. The lowest BCUT2D eigenvalue weighted by Crippen LogP contribution is -2.29. The normalized spacial score (nSPS) is 17.9. The average Bonchev–Trinajstić information content (AvgIpc) is 3.42. The number of ether oxygens (including phenoxy) is 2. The molecule has 1 N–H and O–H groups in total. The van der Waals surface area contributed by atoms with Crippen LogP contribution < -0.4 is 14.8 Å². The number of carbonyl (C=O) groups excluding carboxylic acids is 2. The van der Waals surface area contributed by atoms with Gasteiger partial charge >= 0.3 is 0 Å². The summed E-state index contributed by atoms with van der Waals surface area (Å²) in [6, 6.07) is 13.5. The Morgan fingerprint density at radius 2 is 1.90 bits per heavy atom. The molecular weight excluding hydrogens is 400 g/mol. The molecule has 6 nitrogen and oxygen atoms in total. The number of hydrogen-bond acceptors (Lipinski definition) is 5. The molecule has 2 aliphatic heterocycles. The number of nitrogens with one attached hydrogen (secondary N) is 1. The minimum Gasteiger partial charge on any atom is -0.486 e. The Labute approximate surface area is 178 Å². The summed E-state index contributed by atoms with van der Waals surface area (Å²) in [5, 5.41) is 3.87. The smallest absolute Gasteiger partial charge is 0.261 e. The second kappa shape index (κ2) is 7.65. The van der Waals surface area contributed by atoms with Crippen molar-refractivity contribution >= 4 is 33.2 Å². The summed E-state index contributed by atoms with van der Waals surface area (Å²) >= 11 is 1.52. The molecule has 0 spiro atoms. The molecule has 1 atom stereocenters. The first-order valence-electron chi connectivity index (χ1n) is 10.1. The Kier molecular flexibility index (Phi) is 4.83. The molecule has 0 radical (unpaired) electrons. The van der Waals surface area contributed by atoms with E-state index in [1.54, 1.807) is 25.2 Å². The zero-order valence-corrected chi connectivity index (χ0v) is 17.5. The van der Waals surface area contributed by atoms with Crippen LogP contribution in [0.4, 0.5) is 0 Å². The lowest BCUT2D eigenvalue weighted by atomic mass is 9.95. The molecule has 30 heavy (non-hydrogen) atoms. The molecule has 3 aromatic rings. The lowest BCUT2D eigenvalue weighted by Gasteiger charge is -2.21. The molecule has 5 rings (SSSR count). The number of amides is 2. The molecule has 2 amide bonds. The molecule has 0 bridgehead atoms. The molecule has 0 saturated carbocycles. The van der Waals surface area contributed by atoms with Crippen LogP contribution in [-0.4, -0.2) is 50.1 Å². The van der Waals surface area contributed by atoms with Gasteiger partial charge in [-0.15, -0.1) is 11.3 Å². The van der Waals surface area contributed by atoms with Crippen molar-refractivity contribution < 1.29 is 19.1 Å². The molecule has 2 aromatic carbocycles. The van der Waals surface area contributed by atoms with Crippen LogP contribution >= 0.6 is 11.3 Å². The van der Waals surface area contributed by atoms with Crippen LogP contribution in [0.15, 0.2) is 42.5 Å². The molecular formula is C23H22N2O4S. The van der Waals surface area contributed by atoms with Gasteiger partial charge in [0.25, 0.3) is 11.8 Å². The quantitative estimate of drug-likeness (QED) is 0.700. The van der Waals surface area contributed by atoms with E-state index < -0.39 is 0 Å². The number of rotatable bonds is 3. The van der Waals surface area contributed by atoms with E-state index in [0.717, 1.165) is 26.9 Å². The van der Waals surface area contributed by atoms with Gasteiger partial charge in [-0.2, -0.15) is 0 Å². The third kappa shape index (κ3) is 3.19. The monoisotopic (exact) mass is 422 g/mol. The highest BCUT2D eigenvalue weighted by atomic mass is 32.1. The van der Waals surface area contributed by atoms with E-state index >= 15 is 0 Å². The van der Waals surface area contributed by atoms with Crippen molar-refractivity contribution in [3.63, 3.8) is 0 Å². The van der Waals surface area contributed by atoms with Gasteiger partial charge in [0.05, 0.1) is 4.88 Å². The van der Waals surface area contributed by atoms with Gasteiger partial charge in [-0.3, -0.25) is 9.59 Å².